The van der Waals surface area contributed by atoms with Gasteiger partial charge in [-0.05, 0) is 5.92 Å². The van der Waals surface area contributed by atoms with Crippen LogP contribution in [-0.4, -0.2) is 49.5 Å². The standard InChI is InChI=1S/C11H20N2O3/c1-9(2)7-10(14)13-5-3-12(4-6-13)8-11(15)16/h9H,3-8H2,1-2H3,(H,15,16). The van der Waals surface area contributed by atoms with Gasteiger partial charge < -0.3 is 19.7 Å². The van der Waals surface area contributed by atoms with Gasteiger partial charge in [-0.1, -0.05) is 13.8 Å². The maximum Gasteiger partial charge on any atom is 0.223 e. The molecule has 0 radical (unpaired) electrons. The first-order valence-electron chi connectivity index (χ1n) is 5.80. The summed E-state index contributed by atoms with van der Waals surface area (Å²) in [5, 5.41) is 10.4. The van der Waals surface area contributed by atoms with Crippen molar-refractivity contribution in [3.8, 4) is 0 Å². The Balaban J connectivity index is 2.31. The molecule has 5 heteroatoms. The number of piperazine rings is 1. The largest absolute Gasteiger partial charge is 0.544 e. The summed E-state index contributed by atoms with van der Waals surface area (Å²) in [6.07, 6.45) is 0.579. The van der Waals surface area contributed by atoms with E-state index in [0.717, 1.165) is 4.90 Å². The normalized spacial score (nSPS) is 17.8. The molecule has 0 aromatic heterocycles. The fraction of sp³-hybridized carbons (Fsp3) is 0.818. The van der Waals surface area contributed by atoms with E-state index in [2.05, 4.69) is 0 Å². The highest BCUT2D eigenvalue weighted by molar-refractivity contribution is 5.76. The fourth-order valence-corrected chi connectivity index (χ4v) is 1.93. The second kappa shape index (κ2) is 5.84. The van der Waals surface area contributed by atoms with Crippen molar-refractivity contribution in [1.82, 2.24) is 4.90 Å². The molecule has 1 aliphatic heterocycles. The van der Waals surface area contributed by atoms with Gasteiger partial charge in [0, 0.05) is 6.42 Å². The number of nitrogens with zero attached hydrogens (tertiary/aromatic N) is 1. The van der Waals surface area contributed by atoms with Gasteiger partial charge >= 0.3 is 0 Å². The van der Waals surface area contributed by atoms with Gasteiger partial charge in [0.1, 0.15) is 6.54 Å². The van der Waals surface area contributed by atoms with Crippen LogP contribution in [0.4, 0.5) is 0 Å². The topological polar surface area (TPSA) is 64.9 Å². The second-order valence-electron chi connectivity index (χ2n) is 4.78. The third-order valence-corrected chi connectivity index (χ3v) is 2.80. The molecule has 0 bridgehead atoms. The smallest absolute Gasteiger partial charge is 0.223 e. The van der Waals surface area contributed by atoms with Crippen molar-refractivity contribution in [3.63, 3.8) is 0 Å². The number of aliphatic carboxylic acids is 1. The number of hydrogen-bond acceptors (Lipinski definition) is 3. The SMILES string of the molecule is CC(C)CC(=O)N1CC[NH+](CC(=O)[O-])CC1. The Bertz CT molecular complexity index is 258. The summed E-state index contributed by atoms with van der Waals surface area (Å²) in [4.78, 5) is 25.0. The highest BCUT2D eigenvalue weighted by Gasteiger charge is 2.23. The van der Waals surface area contributed by atoms with Crippen molar-refractivity contribution in [3.05, 3.63) is 0 Å². The van der Waals surface area contributed by atoms with Crippen molar-refractivity contribution in [2.45, 2.75) is 20.3 Å². The molecule has 1 N–H and O–H groups in total. The van der Waals surface area contributed by atoms with Gasteiger partial charge in [-0.25, -0.2) is 0 Å². The van der Waals surface area contributed by atoms with Crippen LogP contribution in [0.3, 0.4) is 0 Å². The highest BCUT2D eigenvalue weighted by atomic mass is 16.4. The van der Waals surface area contributed by atoms with Crippen molar-refractivity contribution >= 4 is 11.9 Å². The van der Waals surface area contributed by atoms with Crippen LogP contribution in [0.1, 0.15) is 20.3 Å². The average molecular weight is 228 g/mol. The lowest BCUT2D eigenvalue weighted by molar-refractivity contribution is -0.898. The van der Waals surface area contributed by atoms with Gasteiger partial charge in [-0.3, -0.25) is 4.79 Å². The molecule has 0 aliphatic carbocycles. The molecule has 1 heterocycles. The van der Waals surface area contributed by atoms with Crippen LogP contribution in [0.5, 0.6) is 0 Å². The molecular formula is C11H20N2O3. The first-order valence-corrected chi connectivity index (χ1v) is 5.80. The zero-order valence-electron chi connectivity index (χ0n) is 9.99. The van der Waals surface area contributed by atoms with Crippen molar-refractivity contribution in [2.24, 2.45) is 5.92 Å². The van der Waals surface area contributed by atoms with Crippen LogP contribution in [0.25, 0.3) is 0 Å². The van der Waals surface area contributed by atoms with Gasteiger partial charge in [0.15, 0.2) is 0 Å². The number of carbonyl (C=O) groups excluding carboxylic acids is 2. The van der Waals surface area contributed by atoms with Gasteiger partial charge in [0.2, 0.25) is 5.91 Å². The molecule has 16 heavy (non-hydrogen) atoms. The number of amides is 1. The summed E-state index contributed by atoms with van der Waals surface area (Å²) in [6.45, 7) is 6.83. The van der Waals surface area contributed by atoms with E-state index in [1.165, 1.54) is 0 Å². The van der Waals surface area contributed by atoms with E-state index in [0.29, 0.717) is 38.5 Å². The third-order valence-electron chi connectivity index (χ3n) is 2.80. The molecule has 0 atom stereocenters. The molecule has 1 aliphatic rings. The lowest BCUT2D eigenvalue weighted by Crippen LogP contribution is -3.16. The number of nitrogens with one attached hydrogen (secondary N) is 1. The molecule has 0 aromatic carbocycles. The predicted molar refractivity (Wildman–Crippen MR) is 56.6 cm³/mol. The quantitative estimate of drug-likeness (QED) is 0.579. The number of carbonyl (C=O) groups is 2. The van der Waals surface area contributed by atoms with Gasteiger partial charge in [0.25, 0.3) is 0 Å². The Kier molecular flexibility index (Phi) is 4.73. The minimum atomic E-state index is -1.02. The first kappa shape index (κ1) is 13.0. The summed E-state index contributed by atoms with van der Waals surface area (Å²) in [7, 11) is 0. The Labute approximate surface area is 96.0 Å². The molecule has 1 saturated heterocycles. The molecule has 92 valence electrons. The highest BCUT2D eigenvalue weighted by Crippen LogP contribution is 2.03. The van der Waals surface area contributed by atoms with E-state index in [-0.39, 0.29) is 12.5 Å². The zero-order valence-corrected chi connectivity index (χ0v) is 9.99. The number of carboxylic acid groups (broad SMARTS) is 1. The van der Waals surface area contributed by atoms with Crippen molar-refractivity contribution in [1.29, 1.82) is 0 Å². The molecule has 0 unspecified atom stereocenters. The van der Waals surface area contributed by atoms with Crippen molar-refractivity contribution < 1.29 is 19.6 Å². The van der Waals surface area contributed by atoms with Crippen LogP contribution in [0.2, 0.25) is 0 Å². The van der Waals surface area contributed by atoms with Crippen LogP contribution in [-0.2, 0) is 9.59 Å². The number of quaternary nitrogens is 1. The fourth-order valence-electron chi connectivity index (χ4n) is 1.93. The minimum Gasteiger partial charge on any atom is -0.544 e. The lowest BCUT2D eigenvalue weighted by Gasteiger charge is -2.32. The molecule has 1 amide bonds. The van der Waals surface area contributed by atoms with E-state index in [4.69, 9.17) is 0 Å². The Morgan fingerprint density at radius 2 is 1.88 bits per heavy atom. The van der Waals surface area contributed by atoms with E-state index in [1.807, 2.05) is 18.7 Å². The third kappa shape index (κ3) is 4.18. The van der Waals surface area contributed by atoms with E-state index >= 15 is 0 Å². The Hall–Kier alpha value is -1.10. The number of carboxylic acids is 1. The Morgan fingerprint density at radius 1 is 1.31 bits per heavy atom. The maximum atomic E-state index is 11.7. The number of rotatable bonds is 4. The van der Waals surface area contributed by atoms with E-state index in [9.17, 15) is 14.7 Å². The lowest BCUT2D eigenvalue weighted by atomic mass is 10.1. The van der Waals surface area contributed by atoms with Crippen LogP contribution < -0.4 is 10.0 Å². The maximum absolute atomic E-state index is 11.7. The average Bonchev–Trinajstić information content (AvgIpc) is 2.16. The van der Waals surface area contributed by atoms with Crippen LogP contribution in [0.15, 0.2) is 0 Å². The van der Waals surface area contributed by atoms with Crippen molar-refractivity contribution in [2.75, 3.05) is 32.7 Å². The summed E-state index contributed by atoms with van der Waals surface area (Å²) in [6, 6.07) is 0. The summed E-state index contributed by atoms with van der Waals surface area (Å²) < 4.78 is 0. The van der Waals surface area contributed by atoms with Gasteiger partial charge in [-0.2, -0.15) is 0 Å². The van der Waals surface area contributed by atoms with Gasteiger partial charge in [-0.15, -0.1) is 0 Å². The monoisotopic (exact) mass is 228 g/mol. The Morgan fingerprint density at radius 3 is 2.31 bits per heavy atom. The summed E-state index contributed by atoms with van der Waals surface area (Å²) in [5.74, 6) is -0.458. The first-order chi connectivity index (χ1) is 7.49. The molecule has 0 aromatic rings. The second-order valence-corrected chi connectivity index (χ2v) is 4.78. The molecule has 5 nitrogen and oxygen atoms in total. The molecule has 0 saturated carbocycles. The molecule has 1 fully saturated rings. The molecule has 1 rings (SSSR count). The van der Waals surface area contributed by atoms with E-state index in [1.54, 1.807) is 0 Å². The molecular weight excluding hydrogens is 208 g/mol. The number of hydrogen-bond donors (Lipinski definition) is 1. The zero-order chi connectivity index (χ0) is 12.1. The summed E-state index contributed by atoms with van der Waals surface area (Å²) >= 11 is 0. The van der Waals surface area contributed by atoms with Gasteiger partial charge in [0.05, 0.1) is 32.1 Å². The van der Waals surface area contributed by atoms with Crippen LogP contribution in [0, 0.1) is 5.92 Å². The van der Waals surface area contributed by atoms with E-state index < -0.39 is 5.97 Å². The molecule has 0 spiro atoms. The minimum absolute atomic E-state index is 0.0478. The van der Waals surface area contributed by atoms with Crippen LogP contribution >= 0.6 is 0 Å². The summed E-state index contributed by atoms with van der Waals surface area (Å²) in [5.41, 5.74) is 0. The predicted octanol–water partition coefficient (Wildman–Crippen LogP) is -2.49.